The monoisotopic (exact) mass is 468 g/mol. The largest absolute Gasteiger partial charge is 0.481 e. The van der Waals surface area contributed by atoms with Gasteiger partial charge < -0.3 is 14.7 Å². The maximum Gasteiger partial charge on any atom is 0.481 e. The Morgan fingerprint density at radius 3 is 1.77 bits per heavy atom. The summed E-state index contributed by atoms with van der Waals surface area (Å²) in [5, 5.41) is 0. The highest BCUT2D eigenvalue weighted by atomic mass is 31.3. The fourth-order valence-electron chi connectivity index (χ4n) is 2.43. The molecule has 0 aliphatic carbocycles. The highest BCUT2D eigenvalue weighted by molar-refractivity contribution is 7.60. The normalized spacial score (nSPS) is 16.2. The molecular formula is C20H35FO7P2. The van der Waals surface area contributed by atoms with Crippen molar-refractivity contribution < 1.29 is 37.0 Å². The van der Waals surface area contributed by atoms with Crippen molar-refractivity contribution in [2.75, 3.05) is 6.61 Å². The molecule has 0 saturated heterocycles. The van der Waals surface area contributed by atoms with E-state index in [0.717, 1.165) is 25.7 Å². The van der Waals surface area contributed by atoms with Gasteiger partial charge in [0.15, 0.2) is 0 Å². The van der Waals surface area contributed by atoms with Gasteiger partial charge in [-0.1, -0.05) is 34.9 Å². The number of halogens is 1. The average molecular weight is 468 g/mol. The molecule has 30 heavy (non-hydrogen) atoms. The van der Waals surface area contributed by atoms with Gasteiger partial charge in [-0.2, -0.15) is 4.31 Å². The molecule has 0 aliphatic heterocycles. The smallest absolute Gasteiger partial charge is 0.302 e. The molecule has 0 heterocycles. The molecule has 0 bridgehead atoms. The van der Waals surface area contributed by atoms with Gasteiger partial charge >= 0.3 is 15.6 Å². The van der Waals surface area contributed by atoms with Gasteiger partial charge in [-0.25, -0.2) is 13.5 Å². The molecule has 0 rings (SSSR count). The first-order chi connectivity index (χ1) is 13.7. The number of hydrogen-bond acceptors (Lipinski definition) is 4. The van der Waals surface area contributed by atoms with Gasteiger partial charge in [0.05, 0.1) is 0 Å². The molecule has 0 aromatic carbocycles. The van der Waals surface area contributed by atoms with Gasteiger partial charge in [-0.3, -0.25) is 4.52 Å². The summed E-state index contributed by atoms with van der Waals surface area (Å²) in [6, 6.07) is 0. The van der Waals surface area contributed by atoms with E-state index in [-0.39, 0.29) is 0 Å². The number of phosphoric ester groups is 1. The average Bonchev–Trinajstić information content (AvgIpc) is 2.57. The van der Waals surface area contributed by atoms with Crippen molar-refractivity contribution in [1.82, 2.24) is 0 Å². The van der Waals surface area contributed by atoms with E-state index in [4.69, 9.17) is 14.7 Å². The predicted octanol–water partition coefficient (Wildman–Crippen LogP) is 6.66. The summed E-state index contributed by atoms with van der Waals surface area (Å²) in [7, 11) is -10.3. The number of allylic oxidation sites excluding steroid dienone is 7. The number of hydrogen-bond donors (Lipinski definition) is 3. The molecule has 0 aliphatic rings. The van der Waals surface area contributed by atoms with Crippen LogP contribution >= 0.6 is 15.6 Å². The van der Waals surface area contributed by atoms with Crippen molar-refractivity contribution >= 4 is 15.6 Å². The zero-order valence-electron chi connectivity index (χ0n) is 18.4. The second-order valence-electron chi connectivity index (χ2n) is 7.50. The Balaban J connectivity index is 4.40. The molecule has 3 N–H and O–H groups in total. The van der Waals surface area contributed by atoms with Gasteiger partial charge in [0.1, 0.15) is 12.4 Å². The third kappa shape index (κ3) is 16.9. The molecule has 7 nitrogen and oxygen atoms in total. The number of phosphoric acid groups is 2. The summed E-state index contributed by atoms with van der Waals surface area (Å²) in [6.07, 6.45) is 11.5. The van der Waals surface area contributed by atoms with Crippen molar-refractivity contribution in [1.29, 1.82) is 0 Å². The van der Waals surface area contributed by atoms with E-state index >= 15 is 0 Å². The Labute approximate surface area is 179 Å². The Morgan fingerprint density at radius 1 is 0.833 bits per heavy atom. The first-order valence-corrected chi connectivity index (χ1v) is 12.8. The van der Waals surface area contributed by atoms with Crippen LogP contribution in [-0.2, 0) is 18.0 Å². The van der Waals surface area contributed by atoms with Gasteiger partial charge in [-0.05, 0) is 78.7 Å². The summed E-state index contributed by atoms with van der Waals surface area (Å²) in [4.78, 5) is 26.1. The number of rotatable bonds is 14. The van der Waals surface area contributed by atoms with Crippen LogP contribution in [0.1, 0.15) is 73.1 Å². The minimum Gasteiger partial charge on any atom is -0.302 e. The molecule has 174 valence electrons. The summed E-state index contributed by atoms with van der Waals surface area (Å²) in [6.45, 7) is 8.95. The summed E-state index contributed by atoms with van der Waals surface area (Å²) in [5.74, 6) is -0.778. The zero-order chi connectivity index (χ0) is 23.4. The summed E-state index contributed by atoms with van der Waals surface area (Å²) in [5.41, 5.74) is 4.21. The second-order valence-corrected chi connectivity index (χ2v) is 10.3. The van der Waals surface area contributed by atoms with Crippen molar-refractivity contribution in [2.45, 2.75) is 73.1 Å². The minimum atomic E-state index is -5.22. The molecule has 0 saturated carbocycles. The van der Waals surface area contributed by atoms with Crippen LogP contribution in [0.4, 0.5) is 4.39 Å². The molecule has 1 atom stereocenters. The SMILES string of the molecule is CC(C)=CCC/C(C)=C/CC/C(C)=C/CCC(C)=C(F)COP(=O)(O)OP(=O)(O)O. The van der Waals surface area contributed by atoms with Crippen LogP contribution in [0.2, 0.25) is 0 Å². The van der Waals surface area contributed by atoms with Crippen molar-refractivity contribution in [2.24, 2.45) is 0 Å². The molecule has 10 heteroatoms. The molecule has 0 radical (unpaired) electrons. The van der Waals surface area contributed by atoms with Crippen LogP contribution in [0.3, 0.4) is 0 Å². The second kappa shape index (κ2) is 14.3. The fraction of sp³-hybridized carbons (Fsp3) is 0.600. The highest BCUT2D eigenvalue weighted by Crippen LogP contribution is 2.57. The summed E-state index contributed by atoms with van der Waals surface area (Å²) < 4.78 is 43.7. The standard InChI is InChI=1S/C20H35FO7P2/c1-16(2)9-6-10-17(3)11-7-12-18(4)13-8-14-19(5)20(21)15-27-30(25,26)28-29(22,23)24/h9,11,13H,6-8,10,12,14-15H2,1-5H3,(H,25,26)(H2,22,23,24)/b17-11+,18-13+,20-19?. The van der Waals surface area contributed by atoms with E-state index in [1.165, 1.54) is 23.6 Å². The van der Waals surface area contributed by atoms with Gasteiger partial charge in [0, 0.05) is 0 Å². The molecule has 1 unspecified atom stereocenters. The highest BCUT2D eigenvalue weighted by Gasteiger charge is 2.32. The summed E-state index contributed by atoms with van der Waals surface area (Å²) >= 11 is 0. The molecule has 0 aromatic rings. The quantitative estimate of drug-likeness (QED) is 0.193. The predicted molar refractivity (Wildman–Crippen MR) is 117 cm³/mol. The van der Waals surface area contributed by atoms with Crippen LogP contribution in [0.5, 0.6) is 0 Å². The Bertz CT molecular complexity index is 759. The first-order valence-electron chi connectivity index (χ1n) is 9.75. The van der Waals surface area contributed by atoms with E-state index in [1.807, 2.05) is 13.0 Å². The lowest BCUT2D eigenvalue weighted by Gasteiger charge is -2.12. The van der Waals surface area contributed by atoms with Crippen molar-refractivity contribution in [3.8, 4) is 0 Å². The molecule has 0 spiro atoms. The molecule has 0 amide bonds. The van der Waals surface area contributed by atoms with Gasteiger partial charge in [0.2, 0.25) is 0 Å². The molecule has 0 fully saturated rings. The van der Waals surface area contributed by atoms with Crippen LogP contribution in [-0.4, -0.2) is 21.3 Å². The maximum absolute atomic E-state index is 14.0. The first kappa shape index (κ1) is 29.1. The van der Waals surface area contributed by atoms with Gasteiger partial charge in [0.25, 0.3) is 0 Å². The van der Waals surface area contributed by atoms with Crippen LogP contribution in [0.25, 0.3) is 0 Å². The zero-order valence-corrected chi connectivity index (χ0v) is 20.2. The lowest BCUT2D eigenvalue weighted by molar-refractivity contribution is 0.181. The van der Waals surface area contributed by atoms with E-state index in [2.05, 4.69) is 41.8 Å². The molecular weight excluding hydrogens is 433 g/mol. The van der Waals surface area contributed by atoms with Crippen LogP contribution in [0, 0.1) is 0 Å². The van der Waals surface area contributed by atoms with Crippen LogP contribution < -0.4 is 0 Å². The Kier molecular flexibility index (Phi) is 13.9. The third-order valence-corrected chi connectivity index (χ3v) is 6.29. The van der Waals surface area contributed by atoms with Crippen LogP contribution in [0.15, 0.2) is 46.3 Å². The van der Waals surface area contributed by atoms with E-state index in [1.54, 1.807) is 0 Å². The van der Waals surface area contributed by atoms with E-state index in [9.17, 15) is 13.5 Å². The maximum atomic E-state index is 14.0. The topological polar surface area (TPSA) is 113 Å². The van der Waals surface area contributed by atoms with Crippen molar-refractivity contribution in [3.05, 3.63) is 46.3 Å². The van der Waals surface area contributed by atoms with E-state index < -0.39 is 28.1 Å². The lowest BCUT2D eigenvalue weighted by atomic mass is 10.0. The minimum absolute atomic E-state index is 0.324. The van der Waals surface area contributed by atoms with Gasteiger partial charge in [-0.15, -0.1) is 0 Å². The van der Waals surface area contributed by atoms with E-state index in [0.29, 0.717) is 18.4 Å². The molecule has 0 aromatic heterocycles. The Hall–Kier alpha value is -0.850. The third-order valence-electron chi connectivity index (χ3n) is 4.16. The van der Waals surface area contributed by atoms with Crippen molar-refractivity contribution in [3.63, 3.8) is 0 Å². The lowest BCUT2D eigenvalue weighted by Crippen LogP contribution is -1.98. The fourth-order valence-corrected chi connectivity index (χ4v) is 3.97. The Morgan fingerprint density at radius 2 is 1.30 bits per heavy atom.